The van der Waals surface area contributed by atoms with Crippen LogP contribution in [0, 0.1) is 0 Å². The van der Waals surface area contributed by atoms with Gasteiger partial charge in [0.1, 0.15) is 6.54 Å². The summed E-state index contributed by atoms with van der Waals surface area (Å²) in [6, 6.07) is 4.26. The summed E-state index contributed by atoms with van der Waals surface area (Å²) in [5, 5.41) is 18.0. The second kappa shape index (κ2) is 5.65. The number of rotatable bonds is 6. The van der Waals surface area contributed by atoms with Crippen LogP contribution in [0.2, 0.25) is 0 Å². The predicted molar refractivity (Wildman–Crippen MR) is 74.9 cm³/mol. The van der Waals surface area contributed by atoms with Crippen molar-refractivity contribution in [2.45, 2.75) is 32.0 Å². The van der Waals surface area contributed by atoms with Crippen LogP contribution in [0.5, 0.6) is 0 Å². The quantitative estimate of drug-likeness (QED) is 0.867. The van der Waals surface area contributed by atoms with Gasteiger partial charge in [0.05, 0.1) is 12.7 Å². The van der Waals surface area contributed by atoms with Crippen molar-refractivity contribution in [1.82, 2.24) is 19.9 Å². The maximum Gasteiger partial charge on any atom is 0.358 e. The van der Waals surface area contributed by atoms with Crippen LogP contribution in [-0.2, 0) is 17.9 Å². The lowest BCUT2D eigenvalue weighted by Crippen LogP contribution is -2.35. The summed E-state index contributed by atoms with van der Waals surface area (Å²) in [7, 11) is 0. The summed E-state index contributed by atoms with van der Waals surface area (Å²) in [6.45, 7) is 0.615. The smallest absolute Gasteiger partial charge is 0.358 e. The molecule has 0 aromatic carbocycles. The Morgan fingerprint density at radius 1 is 1.48 bits per heavy atom. The molecule has 0 spiro atoms. The number of thiophene rings is 1. The minimum absolute atomic E-state index is 0.0160. The van der Waals surface area contributed by atoms with Crippen LogP contribution in [0.3, 0.4) is 0 Å². The Labute approximate surface area is 124 Å². The minimum Gasteiger partial charge on any atom is -0.476 e. The molecule has 1 aliphatic carbocycles. The molecule has 2 heterocycles. The Balaban J connectivity index is 1.67. The van der Waals surface area contributed by atoms with Crippen molar-refractivity contribution < 1.29 is 14.7 Å². The fourth-order valence-electron chi connectivity index (χ4n) is 2.08. The van der Waals surface area contributed by atoms with Gasteiger partial charge >= 0.3 is 5.97 Å². The molecule has 2 aromatic rings. The number of hydrogen-bond donors (Lipinski definition) is 1. The molecule has 0 unspecified atom stereocenters. The number of carbonyl (C=O) groups excluding carboxylic acids is 1. The van der Waals surface area contributed by atoms with Gasteiger partial charge in [-0.1, -0.05) is 11.3 Å². The van der Waals surface area contributed by atoms with E-state index in [-0.39, 0.29) is 18.1 Å². The number of hydrogen-bond acceptors (Lipinski definition) is 5. The highest BCUT2D eigenvalue weighted by Crippen LogP contribution is 2.29. The van der Waals surface area contributed by atoms with Gasteiger partial charge < -0.3 is 10.0 Å². The second-order valence-electron chi connectivity index (χ2n) is 4.94. The number of carboxylic acids is 1. The van der Waals surface area contributed by atoms with E-state index in [0.717, 1.165) is 17.7 Å². The van der Waals surface area contributed by atoms with Crippen molar-refractivity contribution in [2.75, 3.05) is 0 Å². The van der Waals surface area contributed by atoms with Gasteiger partial charge in [-0.3, -0.25) is 4.79 Å². The van der Waals surface area contributed by atoms with Gasteiger partial charge in [0.2, 0.25) is 5.91 Å². The molecule has 2 aromatic heterocycles. The van der Waals surface area contributed by atoms with Gasteiger partial charge in [0, 0.05) is 10.9 Å². The zero-order valence-electron chi connectivity index (χ0n) is 11.2. The van der Waals surface area contributed by atoms with Crippen molar-refractivity contribution >= 4 is 23.2 Å². The first-order valence-corrected chi connectivity index (χ1v) is 7.47. The maximum absolute atomic E-state index is 12.4. The highest BCUT2D eigenvalue weighted by atomic mass is 32.1. The number of carboxylic acid groups (broad SMARTS) is 1. The van der Waals surface area contributed by atoms with Crippen molar-refractivity contribution in [3.05, 3.63) is 34.3 Å². The number of carbonyl (C=O) groups is 2. The van der Waals surface area contributed by atoms with Crippen molar-refractivity contribution in [2.24, 2.45) is 0 Å². The molecule has 0 saturated heterocycles. The lowest BCUT2D eigenvalue weighted by Gasteiger charge is -2.21. The van der Waals surface area contributed by atoms with E-state index in [2.05, 4.69) is 10.3 Å². The fraction of sp³-hybridized carbons (Fsp3) is 0.385. The molecule has 1 saturated carbocycles. The van der Waals surface area contributed by atoms with E-state index in [1.807, 2.05) is 22.4 Å². The summed E-state index contributed by atoms with van der Waals surface area (Å²) in [5.41, 5.74) is -0.154. The van der Waals surface area contributed by atoms with Gasteiger partial charge in [-0.25, -0.2) is 9.48 Å². The van der Waals surface area contributed by atoms with Crippen LogP contribution < -0.4 is 0 Å². The molecular formula is C13H14N4O3S. The Hall–Kier alpha value is -2.22. The molecular weight excluding hydrogens is 292 g/mol. The van der Waals surface area contributed by atoms with Gasteiger partial charge in [0.15, 0.2) is 5.69 Å². The third kappa shape index (κ3) is 3.27. The number of aromatic nitrogens is 3. The van der Waals surface area contributed by atoms with E-state index in [4.69, 9.17) is 5.11 Å². The van der Waals surface area contributed by atoms with Crippen molar-refractivity contribution in [1.29, 1.82) is 0 Å². The maximum atomic E-state index is 12.4. The molecule has 1 N–H and O–H groups in total. The molecule has 110 valence electrons. The largest absolute Gasteiger partial charge is 0.476 e. The topological polar surface area (TPSA) is 88.3 Å². The Morgan fingerprint density at radius 2 is 2.29 bits per heavy atom. The van der Waals surface area contributed by atoms with Crippen LogP contribution in [0.4, 0.5) is 0 Å². The van der Waals surface area contributed by atoms with Crippen LogP contribution in [0.1, 0.15) is 28.2 Å². The predicted octanol–water partition coefficient (Wildman–Crippen LogP) is 1.23. The van der Waals surface area contributed by atoms with Gasteiger partial charge in [0.25, 0.3) is 0 Å². The van der Waals surface area contributed by atoms with Crippen molar-refractivity contribution in [3.8, 4) is 0 Å². The lowest BCUT2D eigenvalue weighted by atomic mass is 10.3. The SMILES string of the molecule is O=C(O)c1cn(CC(=O)N(Cc2cccs2)C2CC2)nn1. The molecule has 21 heavy (non-hydrogen) atoms. The van der Waals surface area contributed by atoms with Crippen LogP contribution >= 0.6 is 11.3 Å². The average molecular weight is 306 g/mol. The summed E-state index contributed by atoms with van der Waals surface area (Å²) in [4.78, 5) is 26.1. The lowest BCUT2D eigenvalue weighted by molar-refractivity contribution is -0.133. The van der Waals surface area contributed by atoms with Gasteiger partial charge in [-0.15, -0.1) is 16.4 Å². The Morgan fingerprint density at radius 3 is 2.86 bits per heavy atom. The first kappa shape index (κ1) is 13.7. The highest BCUT2D eigenvalue weighted by molar-refractivity contribution is 7.09. The highest BCUT2D eigenvalue weighted by Gasteiger charge is 2.32. The molecule has 7 nitrogen and oxygen atoms in total. The zero-order valence-corrected chi connectivity index (χ0v) is 12.0. The van der Waals surface area contributed by atoms with Crippen molar-refractivity contribution in [3.63, 3.8) is 0 Å². The van der Waals surface area contributed by atoms with E-state index in [0.29, 0.717) is 12.6 Å². The molecule has 0 bridgehead atoms. The summed E-state index contributed by atoms with van der Waals surface area (Å²) >= 11 is 1.62. The summed E-state index contributed by atoms with van der Waals surface area (Å²) in [5.74, 6) is -1.21. The molecule has 0 aliphatic heterocycles. The molecule has 1 fully saturated rings. The van der Waals surface area contributed by atoms with Crippen LogP contribution in [-0.4, -0.2) is 42.9 Å². The van der Waals surface area contributed by atoms with E-state index in [1.54, 1.807) is 11.3 Å². The Kier molecular flexibility index (Phi) is 3.70. The normalized spacial score (nSPS) is 14.1. The van der Waals surface area contributed by atoms with E-state index in [1.165, 1.54) is 10.9 Å². The zero-order chi connectivity index (χ0) is 14.8. The second-order valence-corrected chi connectivity index (χ2v) is 5.97. The van der Waals surface area contributed by atoms with E-state index in [9.17, 15) is 9.59 Å². The molecule has 1 aliphatic rings. The average Bonchev–Trinajstić information content (AvgIpc) is 2.97. The van der Waals surface area contributed by atoms with Crippen LogP contribution in [0.25, 0.3) is 0 Å². The number of nitrogens with zero attached hydrogens (tertiary/aromatic N) is 4. The standard InChI is InChI=1S/C13H14N4O3S/c18-12(8-16-7-11(13(19)20)14-15-16)17(9-3-4-9)6-10-2-1-5-21-10/h1-2,5,7,9H,3-4,6,8H2,(H,19,20). The number of amides is 1. The van der Waals surface area contributed by atoms with E-state index >= 15 is 0 Å². The first-order chi connectivity index (χ1) is 10.1. The summed E-state index contributed by atoms with van der Waals surface area (Å²) in [6.07, 6.45) is 3.32. The van der Waals surface area contributed by atoms with Gasteiger partial charge in [-0.2, -0.15) is 0 Å². The fourth-order valence-corrected chi connectivity index (χ4v) is 2.78. The molecule has 1 amide bonds. The number of aromatic carboxylic acids is 1. The molecule has 3 rings (SSSR count). The minimum atomic E-state index is -1.15. The van der Waals surface area contributed by atoms with Crippen LogP contribution in [0.15, 0.2) is 23.7 Å². The Bertz CT molecular complexity index is 648. The third-order valence-corrected chi connectivity index (χ3v) is 4.13. The van der Waals surface area contributed by atoms with Gasteiger partial charge in [-0.05, 0) is 24.3 Å². The monoisotopic (exact) mass is 306 g/mol. The molecule has 0 atom stereocenters. The summed E-state index contributed by atoms with van der Waals surface area (Å²) < 4.78 is 1.27. The van der Waals surface area contributed by atoms with E-state index < -0.39 is 5.97 Å². The molecule has 8 heteroatoms. The molecule has 0 radical (unpaired) electrons. The third-order valence-electron chi connectivity index (χ3n) is 3.27. The first-order valence-electron chi connectivity index (χ1n) is 6.59.